The lowest BCUT2D eigenvalue weighted by atomic mass is 10.2. The molecule has 0 fully saturated rings. The molecule has 0 heterocycles. The summed E-state index contributed by atoms with van der Waals surface area (Å²) in [5.74, 6) is 0.597. The molecule has 0 radical (unpaired) electrons. The van der Waals surface area contributed by atoms with E-state index >= 15 is 0 Å². The average Bonchev–Trinajstić information content (AvgIpc) is 2.59. The Morgan fingerprint density at radius 2 is 1.61 bits per heavy atom. The number of sulfone groups is 1. The summed E-state index contributed by atoms with van der Waals surface area (Å²) < 4.78 is 29.5. The minimum absolute atomic E-state index is 0. The third-order valence-corrected chi connectivity index (χ3v) is 5.11. The van der Waals surface area contributed by atoms with Gasteiger partial charge in [-0.15, -0.1) is 24.0 Å². The van der Waals surface area contributed by atoms with Gasteiger partial charge >= 0.3 is 6.09 Å². The summed E-state index contributed by atoms with van der Waals surface area (Å²) in [4.78, 5) is 15.9. The van der Waals surface area contributed by atoms with E-state index in [2.05, 4.69) is 20.9 Å². The minimum Gasteiger partial charge on any atom is -0.444 e. The van der Waals surface area contributed by atoms with Gasteiger partial charge in [-0.25, -0.2) is 13.2 Å². The van der Waals surface area contributed by atoms with Gasteiger partial charge in [-0.05, 0) is 39.3 Å². The molecule has 0 bridgehead atoms. The van der Waals surface area contributed by atoms with Crippen LogP contribution in [0.25, 0.3) is 0 Å². The van der Waals surface area contributed by atoms with Crippen molar-refractivity contribution in [2.75, 3.05) is 32.4 Å². The van der Waals surface area contributed by atoms with Crippen molar-refractivity contribution in [1.29, 1.82) is 0 Å². The van der Waals surface area contributed by atoms with E-state index < -0.39 is 21.5 Å². The number of hydrogen-bond acceptors (Lipinski definition) is 5. The van der Waals surface area contributed by atoms with Crippen LogP contribution in [0.2, 0.25) is 0 Å². The Morgan fingerprint density at radius 3 is 2.18 bits per heavy atom. The molecule has 0 atom stereocenters. The van der Waals surface area contributed by atoms with Crippen LogP contribution in [0, 0.1) is 0 Å². The Morgan fingerprint density at radius 1 is 1.04 bits per heavy atom. The number of ether oxygens (including phenoxy) is 1. The van der Waals surface area contributed by atoms with E-state index in [-0.39, 0.29) is 29.7 Å². The van der Waals surface area contributed by atoms with Crippen LogP contribution in [0.4, 0.5) is 4.79 Å². The van der Waals surface area contributed by atoms with Crippen LogP contribution in [-0.2, 0) is 14.6 Å². The van der Waals surface area contributed by atoms with E-state index in [0.717, 1.165) is 0 Å². The normalized spacial score (nSPS) is 11.9. The molecule has 1 aromatic rings. The molecule has 28 heavy (non-hydrogen) atoms. The van der Waals surface area contributed by atoms with Crippen molar-refractivity contribution in [3.63, 3.8) is 0 Å². The number of benzene rings is 1. The Balaban J connectivity index is 0.00000729. The number of hydrogen-bond donors (Lipinski definition) is 3. The lowest BCUT2D eigenvalue weighted by Crippen LogP contribution is -2.42. The molecular formula is C18H31IN4O4S. The van der Waals surface area contributed by atoms with E-state index in [1.165, 1.54) is 0 Å². The summed E-state index contributed by atoms with van der Waals surface area (Å²) in [5.41, 5.74) is -0.533. The molecule has 160 valence electrons. The van der Waals surface area contributed by atoms with Gasteiger partial charge in [-0.3, -0.25) is 4.99 Å². The first-order valence-electron chi connectivity index (χ1n) is 8.83. The van der Waals surface area contributed by atoms with Crippen molar-refractivity contribution >= 4 is 45.9 Å². The number of rotatable bonds is 8. The number of nitrogens with zero attached hydrogens (tertiary/aromatic N) is 1. The van der Waals surface area contributed by atoms with Gasteiger partial charge in [0, 0.05) is 26.7 Å². The molecule has 10 heteroatoms. The van der Waals surface area contributed by atoms with Gasteiger partial charge in [0.05, 0.1) is 10.6 Å². The highest BCUT2D eigenvalue weighted by atomic mass is 127. The average molecular weight is 526 g/mol. The topological polar surface area (TPSA) is 109 Å². The first-order valence-corrected chi connectivity index (χ1v) is 10.5. The number of guanidine groups is 1. The minimum atomic E-state index is -3.27. The molecule has 0 aliphatic carbocycles. The van der Waals surface area contributed by atoms with Crippen LogP contribution < -0.4 is 16.0 Å². The summed E-state index contributed by atoms with van der Waals surface area (Å²) in [7, 11) is -1.65. The number of carbonyl (C=O) groups is 1. The van der Waals surface area contributed by atoms with Gasteiger partial charge in [0.2, 0.25) is 0 Å². The molecule has 1 rings (SSSR count). The summed E-state index contributed by atoms with van der Waals surface area (Å²) in [6, 6.07) is 8.40. The van der Waals surface area contributed by atoms with Crippen LogP contribution >= 0.6 is 24.0 Å². The lowest BCUT2D eigenvalue weighted by molar-refractivity contribution is 0.0529. The standard InChI is InChI=1S/C18H30N4O4S.HI/c1-18(2,3)26-17(23)22-13-12-21-16(19-4)20-11-8-14-27(24,25)15-9-6-5-7-10-15;/h5-7,9-10H,8,11-14H2,1-4H3,(H,22,23)(H2,19,20,21);1H. The number of aliphatic imine (C=N–C) groups is 1. The van der Waals surface area contributed by atoms with Gasteiger partial charge in [0.15, 0.2) is 15.8 Å². The maximum Gasteiger partial charge on any atom is 0.407 e. The third kappa shape index (κ3) is 11.3. The molecule has 0 spiro atoms. The molecule has 3 N–H and O–H groups in total. The smallest absolute Gasteiger partial charge is 0.407 e. The Bertz CT molecular complexity index is 719. The van der Waals surface area contributed by atoms with E-state index in [1.807, 2.05) is 0 Å². The number of amides is 1. The zero-order valence-corrected chi connectivity index (χ0v) is 20.0. The first-order chi connectivity index (χ1) is 12.6. The molecule has 1 aromatic carbocycles. The fourth-order valence-electron chi connectivity index (χ4n) is 2.09. The highest BCUT2D eigenvalue weighted by Crippen LogP contribution is 2.10. The first kappa shape index (κ1) is 26.4. The Hall–Kier alpha value is -1.56. The van der Waals surface area contributed by atoms with Crippen LogP contribution in [0.5, 0.6) is 0 Å². The highest BCUT2D eigenvalue weighted by molar-refractivity contribution is 14.0. The van der Waals surface area contributed by atoms with Crippen molar-refractivity contribution in [3.8, 4) is 0 Å². The van der Waals surface area contributed by atoms with Crippen LogP contribution in [-0.4, -0.2) is 58.5 Å². The summed E-state index contributed by atoms with van der Waals surface area (Å²) in [6.07, 6.45) is -0.0213. The van der Waals surface area contributed by atoms with Gasteiger partial charge in [-0.1, -0.05) is 18.2 Å². The van der Waals surface area contributed by atoms with Gasteiger partial charge < -0.3 is 20.7 Å². The van der Waals surface area contributed by atoms with Crippen LogP contribution in [0.3, 0.4) is 0 Å². The van der Waals surface area contributed by atoms with Gasteiger partial charge in [0.1, 0.15) is 5.60 Å². The number of nitrogens with one attached hydrogen (secondary N) is 3. The molecule has 0 saturated carbocycles. The van der Waals surface area contributed by atoms with E-state index in [4.69, 9.17) is 4.74 Å². The van der Waals surface area contributed by atoms with E-state index in [9.17, 15) is 13.2 Å². The highest BCUT2D eigenvalue weighted by Gasteiger charge is 2.15. The van der Waals surface area contributed by atoms with E-state index in [0.29, 0.717) is 36.9 Å². The second kappa shape index (κ2) is 12.8. The van der Waals surface area contributed by atoms with Crippen molar-refractivity contribution in [2.45, 2.75) is 37.7 Å². The molecule has 8 nitrogen and oxygen atoms in total. The lowest BCUT2D eigenvalue weighted by Gasteiger charge is -2.19. The maximum absolute atomic E-state index is 12.2. The summed E-state index contributed by atoms with van der Waals surface area (Å²) in [5, 5.41) is 8.72. The number of halogens is 1. The molecule has 0 aliphatic rings. The van der Waals surface area contributed by atoms with Gasteiger partial charge in [-0.2, -0.15) is 0 Å². The summed E-state index contributed by atoms with van der Waals surface area (Å²) in [6.45, 7) is 6.70. The number of alkyl carbamates (subject to hydrolysis) is 1. The molecular weight excluding hydrogens is 495 g/mol. The molecule has 0 unspecified atom stereocenters. The quantitative estimate of drug-likeness (QED) is 0.207. The monoisotopic (exact) mass is 526 g/mol. The fraction of sp³-hybridized carbons (Fsp3) is 0.556. The van der Waals surface area contributed by atoms with Crippen molar-refractivity contribution in [1.82, 2.24) is 16.0 Å². The molecule has 0 aromatic heterocycles. The van der Waals surface area contributed by atoms with Crippen molar-refractivity contribution in [3.05, 3.63) is 30.3 Å². The third-order valence-electron chi connectivity index (χ3n) is 3.29. The summed E-state index contributed by atoms with van der Waals surface area (Å²) >= 11 is 0. The predicted molar refractivity (Wildman–Crippen MR) is 122 cm³/mol. The van der Waals surface area contributed by atoms with Crippen molar-refractivity contribution < 1.29 is 17.9 Å². The molecule has 1 amide bonds. The van der Waals surface area contributed by atoms with Gasteiger partial charge in [0.25, 0.3) is 0 Å². The Kier molecular flexibility index (Phi) is 12.1. The predicted octanol–water partition coefficient (Wildman–Crippen LogP) is 2.16. The zero-order chi connectivity index (χ0) is 20.3. The van der Waals surface area contributed by atoms with Crippen LogP contribution in [0.15, 0.2) is 40.2 Å². The van der Waals surface area contributed by atoms with E-state index in [1.54, 1.807) is 58.2 Å². The molecule has 0 aliphatic heterocycles. The second-order valence-corrected chi connectivity index (χ2v) is 8.95. The maximum atomic E-state index is 12.2. The van der Waals surface area contributed by atoms with Crippen molar-refractivity contribution in [2.24, 2.45) is 4.99 Å². The molecule has 0 saturated heterocycles. The fourth-order valence-corrected chi connectivity index (χ4v) is 3.43. The number of carbonyl (C=O) groups excluding carboxylic acids is 1. The largest absolute Gasteiger partial charge is 0.444 e. The van der Waals surface area contributed by atoms with Crippen LogP contribution in [0.1, 0.15) is 27.2 Å². The second-order valence-electron chi connectivity index (χ2n) is 6.84. The Labute approximate surface area is 184 Å². The zero-order valence-electron chi connectivity index (χ0n) is 16.8. The SMILES string of the molecule is CN=C(NCCCS(=O)(=O)c1ccccc1)NCCNC(=O)OC(C)(C)C.I.